The molecule has 0 aromatic heterocycles. The second-order valence-corrected chi connectivity index (χ2v) is 7.76. The van der Waals surface area contributed by atoms with Crippen molar-refractivity contribution >= 4 is 33.2 Å². The van der Waals surface area contributed by atoms with Gasteiger partial charge >= 0.3 is 0 Å². The van der Waals surface area contributed by atoms with Gasteiger partial charge in [0.25, 0.3) is 11.8 Å². The van der Waals surface area contributed by atoms with Crippen LogP contribution < -0.4 is 14.8 Å². The second kappa shape index (κ2) is 8.54. The number of nitrogens with one attached hydrogen (secondary N) is 2. The number of nitrogens with zero attached hydrogens (tertiary/aromatic N) is 1. The first kappa shape index (κ1) is 20.2. The van der Waals surface area contributed by atoms with Crippen molar-refractivity contribution in [3.63, 3.8) is 0 Å². The average molecular weight is 391 g/mol. The van der Waals surface area contributed by atoms with Gasteiger partial charge in [-0.05, 0) is 48.5 Å². The lowest BCUT2D eigenvalue weighted by molar-refractivity contribution is -0.130. The van der Waals surface area contributed by atoms with E-state index in [0.717, 1.165) is 6.26 Å². The number of hydrogen-bond acceptors (Lipinski definition) is 5. The molecule has 0 unspecified atom stereocenters. The van der Waals surface area contributed by atoms with Gasteiger partial charge in [-0.2, -0.15) is 0 Å². The molecule has 2 amide bonds. The molecule has 0 aliphatic heterocycles. The molecule has 0 saturated heterocycles. The van der Waals surface area contributed by atoms with Crippen molar-refractivity contribution in [1.29, 1.82) is 0 Å². The molecule has 0 spiro atoms. The third kappa shape index (κ3) is 6.63. The van der Waals surface area contributed by atoms with Crippen LogP contribution in [0.15, 0.2) is 48.5 Å². The minimum atomic E-state index is -3.36. The van der Waals surface area contributed by atoms with Crippen LogP contribution in [0.1, 0.15) is 10.4 Å². The number of ether oxygens (including phenoxy) is 1. The van der Waals surface area contributed by atoms with Crippen molar-refractivity contribution in [2.24, 2.45) is 0 Å². The number of carbonyl (C=O) groups excluding carboxylic acids is 2. The van der Waals surface area contributed by atoms with Crippen LogP contribution in [0, 0.1) is 0 Å². The molecule has 0 aliphatic rings. The quantitative estimate of drug-likeness (QED) is 0.749. The molecule has 0 heterocycles. The third-order valence-corrected chi connectivity index (χ3v) is 4.03. The van der Waals surface area contributed by atoms with Gasteiger partial charge in [-0.3, -0.25) is 14.3 Å². The number of carbonyl (C=O) groups is 2. The Balaban J connectivity index is 1.94. The molecule has 2 aromatic carbocycles. The number of rotatable bonds is 7. The largest absolute Gasteiger partial charge is 0.484 e. The summed E-state index contributed by atoms with van der Waals surface area (Å²) in [6, 6.07) is 12.7. The highest BCUT2D eigenvalue weighted by Crippen LogP contribution is 2.17. The van der Waals surface area contributed by atoms with Gasteiger partial charge in [-0.15, -0.1) is 0 Å². The Labute approximate surface area is 158 Å². The maximum absolute atomic E-state index is 12.3. The Morgan fingerprint density at radius 2 is 1.52 bits per heavy atom. The van der Waals surface area contributed by atoms with Gasteiger partial charge in [0.2, 0.25) is 10.0 Å². The number of anilines is 2. The molecule has 0 fully saturated rings. The number of hydrogen-bond donors (Lipinski definition) is 2. The number of benzene rings is 2. The summed E-state index contributed by atoms with van der Waals surface area (Å²) in [5.74, 6) is 0.0259. The number of likely N-dealkylation sites (N-methyl/N-ethyl adjacent to an activating group) is 1. The van der Waals surface area contributed by atoms with E-state index in [2.05, 4.69) is 10.0 Å². The number of amides is 2. The van der Waals surface area contributed by atoms with E-state index in [1.807, 2.05) is 0 Å². The van der Waals surface area contributed by atoms with Crippen molar-refractivity contribution in [3.05, 3.63) is 54.1 Å². The Morgan fingerprint density at radius 3 is 2.04 bits per heavy atom. The highest BCUT2D eigenvalue weighted by Gasteiger charge is 2.08. The average Bonchev–Trinajstić information content (AvgIpc) is 2.60. The van der Waals surface area contributed by atoms with Gasteiger partial charge < -0.3 is 15.0 Å². The molecule has 0 bridgehead atoms. The lowest BCUT2D eigenvalue weighted by Crippen LogP contribution is -2.27. The summed E-state index contributed by atoms with van der Waals surface area (Å²) in [5, 5.41) is 2.73. The van der Waals surface area contributed by atoms with E-state index >= 15 is 0 Å². The predicted octanol–water partition coefficient (Wildman–Crippen LogP) is 1.78. The van der Waals surface area contributed by atoms with Crippen molar-refractivity contribution < 1.29 is 22.7 Å². The van der Waals surface area contributed by atoms with Crippen LogP contribution in [0.5, 0.6) is 5.75 Å². The zero-order valence-electron chi connectivity index (χ0n) is 15.2. The molecule has 0 aliphatic carbocycles. The van der Waals surface area contributed by atoms with Gasteiger partial charge in [-0.1, -0.05) is 0 Å². The molecule has 0 atom stereocenters. The molecule has 2 N–H and O–H groups in total. The summed E-state index contributed by atoms with van der Waals surface area (Å²) in [4.78, 5) is 25.2. The van der Waals surface area contributed by atoms with Crippen LogP contribution >= 0.6 is 0 Å². The third-order valence-electron chi connectivity index (χ3n) is 3.42. The van der Waals surface area contributed by atoms with Gasteiger partial charge in [0, 0.05) is 31.0 Å². The van der Waals surface area contributed by atoms with Crippen LogP contribution in [0.2, 0.25) is 0 Å². The topological polar surface area (TPSA) is 105 Å². The van der Waals surface area contributed by atoms with Crippen molar-refractivity contribution in [1.82, 2.24) is 4.90 Å². The molecule has 9 heteroatoms. The smallest absolute Gasteiger partial charge is 0.259 e. The zero-order valence-corrected chi connectivity index (χ0v) is 16.0. The molecule has 27 heavy (non-hydrogen) atoms. The van der Waals surface area contributed by atoms with E-state index < -0.39 is 10.0 Å². The minimum absolute atomic E-state index is 0.0629. The lowest BCUT2D eigenvalue weighted by Gasteiger charge is -2.12. The van der Waals surface area contributed by atoms with E-state index in [4.69, 9.17) is 4.74 Å². The van der Waals surface area contributed by atoms with Crippen LogP contribution in [0.4, 0.5) is 11.4 Å². The summed E-state index contributed by atoms with van der Waals surface area (Å²) in [5.41, 5.74) is 1.32. The molecule has 8 nitrogen and oxygen atoms in total. The fraction of sp³-hybridized carbons (Fsp3) is 0.222. The van der Waals surface area contributed by atoms with Crippen molar-refractivity contribution in [2.75, 3.05) is 37.0 Å². The fourth-order valence-corrected chi connectivity index (χ4v) is 2.58. The first-order valence-electron chi connectivity index (χ1n) is 7.96. The van der Waals surface area contributed by atoms with Crippen LogP contribution in [0.3, 0.4) is 0 Å². The maximum Gasteiger partial charge on any atom is 0.259 e. The van der Waals surface area contributed by atoms with Gasteiger partial charge in [0.15, 0.2) is 6.61 Å². The summed E-state index contributed by atoms with van der Waals surface area (Å²) in [7, 11) is -0.0703. The summed E-state index contributed by atoms with van der Waals surface area (Å²) >= 11 is 0. The summed E-state index contributed by atoms with van der Waals surface area (Å²) in [6.07, 6.45) is 1.05. The van der Waals surface area contributed by atoms with E-state index in [-0.39, 0.29) is 18.4 Å². The normalized spacial score (nSPS) is 10.8. The zero-order chi connectivity index (χ0) is 20.0. The SMILES string of the molecule is CN(C)C(=O)COc1ccc(NC(=O)c2ccc(NS(C)(=O)=O)cc2)cc1. The van der Waals surface area contributed by atoms with Gasteiger partial charge in [0.05, 0.1) is 6.26 Å². The molecule has 2 aromatic rings. The van der Waals surface area contributed by atoms with E-state index in [9.17, 15) is 18.0 Å². The van der Waals surface area contributed by atoms with E-state index in [1.165, 1.54) is 29.2 Å². The number of sulfonamides is 1. The molecular formula is C18H21N3O5S. The Morgan fingerprint density at radius 1 is 0.963 bits per heavy atom. The van der Waals surface area contributed by atoms with Crippen molar-refractivity contribution in [2.45, 2.75) is 0 Å². The highest BCUT2D eigenvalue weighted by molar-refractivity contribution is 7.92. The molecule has 0 saturated carbocycles. The van der Waals surface area contributed by atoms with E-state index in [1.54, 1.807) is 38.4 Å². The predicted molar refractivity (Wildman–Crippen MR) is 103 cm³/mol. The Kier molecular flexibility index (Phi) is 6.40. The second-order valence-electron chi connectivity index (χ2n) is 6.01. The Bertz CT molecular complexity index is 907. The van der Waals surface area contributed by atoms with Crippen LogP contribution in [-0.2, 0) is 14.8 Å². The van der Waals surface area contributed by atoms with Crippen molar-refractivity contribution in [3.8, 4) is 5.75 Å². The van der Waals surface area contributed by atoms with Crippen LogP contribution in [-0.4, -0.2) is 52.1 Å². The first-order valence-corrected chi connectivity index (χ1v) is 9.85. The summed E-state index contributed by atoms with van der Waals surface area (Å²) in [6.45, 7) is -0.0629. The fourth-order valence-electron chi connectivity index (χ4n) is 2.02. The highest BCUT2D eigenvalue weighted by atomic mass is 32.2. The van der Waals surface area contributed by atoms with Crippen LogP contribution in [0.25, 0.3) is 0 Å². The monoisotopic (exact) mass is 391 g/mol. The molecule has 2 rings (SSSR count). The minimum Gasteiger partial charge on any atom is -0.484 e. The maximum atomic E-state index is 12.3. The molecule has 144 valence electrons. The molecular weight excluding hydrogens is 370 g/mol. The standard InChI is InChI=1S/C18H21N3O5S/c1-21(2)17(22)12-26-16-10-8-14(9-11-16)19-18(23)13-4-6-15(7-5-13)20-27(3,24)25/h4-11,20H,12H2,1-3H3,(H,19,23). The first-order chi connectivity index (χ1) is 12.6. The Hall–Kier alpha value is -3.07. The van der Waals surface area contributed by atoms with Gasteiger partial charge in [0.1, 0.15) is 5.75 Å². The van der Waals surface area contributed by atoms with E-state index in [0.29, 0.717) is 22.7 Å². The van der Waals surface area contributed by atoms with Gasteiger partial charge in [-0.25, -0.2) is 8.42 Å². The lowest BCUT2D eigenvalue weighted by atomic mass is 10.2. The molecule has 0 radical (unpaired) electrons. The summed E-state index contributed by atoms with van der Waals surface area (Å²) < 4.78 is 30.1.